The average molecular weight is 306 g/mol. The molecule has 0 atom stereocenters. The summed E-state index contributed by atoms with van der Waals surface area (Å²) in [5, 5.41) is 6.88. The van der Waals surface area contributed by atoms with Crippen LogP contribution in [0.2, 0.25) is 0 Å². The minimum absolute atomic E-state index is 0.0597. The first-order valence-electron chi connectivity index (χ1n) is 7.03. The molecule has 0 bridgehead atoms. The van der Waals surface area contributed by atoms with Crippen LogP contribution in [0.3, 0.4) is 0 Å². The smallest absolute Gasteiger partial charge is 0.245 e. The van der Waals surface area contributed by atoms with Crippen molar-refractivity contribution in [1.82, 2.24) is 5.43 Å². The van der Waals surface area contributed by atoms with Gasteiger partial charge in [0.05, 0.1) is 5.71 Å². The van der Waals surface area contributed by atoms with E-state index in [1.807, 2.05) is 24.3 Å². The van der Waals surface area contributed by atoms with Crippen molar-refractivity contribution in [2.45, 2.75) is 37.0 Å². The average Bonchev–Trinajstić information content (AvgIpc) is 2.46. The molecule has 110 valence electrons. The lowest BCUT2D eigenvalue weighted by Gasteiger charge is -2.33. The molecule has 0 radical (unpaired) electrons. The van der Waals surface area contributed by atoms with E-state index in [0.29, 0.717) is 12.8 Å². The zero-order chi connectivity index (χ0) is 14.9. The predicted molar refractivity (Wildman–Crippen MR) is 81.4 cm³/mol. The molecule has 0 aromatic heterocycles. The van der Waals surface area contributed by atoms with Crippen LogP contribution in [0.4, 0.5) is 5.69 Å². The van der Waals surface area contributed by atoms with Crippen molar-refractivity contribution < 1.29 is 9.59 Å². The van der Waals surface area contributed by atoms with E-state index >= 15 is 0 Å². The van der Waals surface area contributed by atoms with Gasteiger partial charge in [0.2, 0.25) is 11.8 Å². The molecule has 2 amide bonds. The van der Waals surface area contributed by atoms with Gasteiger partial charge in [-0.05, 0) is 37.0 Å². The normalized spacial score (nSPS) is 20.0. The van der Waals surface area contributed by atoms with Crippen LogP contribution in [-0.4, -0.2) is 22.4 Å². The zero-order valence-corrected chi connectivity index (χ0v) is 12.2. The number of carbonyl (C=O) groups excluding carboxylic acids is 2. The molecule has 1 aliphatic carbocycles. The Kier molecular flexibility index (Phi) is 3.68. The Labute approximate surface area is 127 Å². The summed E-state index contributed by atoms with van der Waals surface area (Å²) < 4.78 is 0. The highest BCUT2D eigenvalue weighted by Crippen LogP contribution is 2.39. The fourth-order valence-corrected chi connectivity index (χ4v) is 2.70. The Morgan fingerprint density at radius 1 is 1.24 bits per heavy atom. The largest absolute Gasteiger partial charge is 0.325 e. The van der Waals surface area contributed by atoms with E-state index in [1.54, 1.807) is 0 Å². The van der Waals surface area contributed by atoms with Crippen molar-refractivity contribution >= 4 is 34.8 Å². The SMILES string of the molecule is O=C1CCC(c2ccc(NC(=O)C3(Cl)CCC3)cc2)=NN1. The third-order valence-corrected chi connectivity index (χ3v) is 4.48. The van der Waals surface area contributed by atoms with Crippen LogP contribution < -0.4 is 10.7 Å². The van der Waals surface area contributed by atoms with E-state index in [-0.39, 0.29) is 11.8 Å². The molecular formula is C15H16ClN3O2. The van der Waals surface area contributed by atoms with Gasteiger partial charge in [-0.3, -0.25) is 9.59 Å². The van der Waals surface area contributed by atoms with Crippen LogP contribution in [0.5, 0.6) is 0 Å². The fraction of sp³-hybridized carbons (Fsp3) is 0.400. The molecule has 1 aliphatic heterocycles. The Bertz CT molecular complexity index is 606. The number of amides is 2. The molecule has 3 rings (SSSR count). The number of nitrogens with one attached hydrogen (secondary N) is 2. The monoisotopic (exact) mass is 305 g/mol. The summed E-state index contributed by atoms with van der Waals surface area (Å²) in [5.74, 6) is -0.194. The van der Waals surface area contributed by atoms with Crippen molar-refractivity contribution in [1.29, 1.82) is 0 Å². The van der Waals surface area contributed by atoms with Crippen molar-refractivity contribution in [3.63, 3.8) is 0 Å². The molecular weight excluding hydrogens is 290 g/mol. The van der Waals surface area contributed by atoms with Gasteiger partial charge >= 0.3 is 0 Å². The lowest BCUT2D eigenvalue weighted by atomic mass is 9.83. The molecule has 1 aromatic carbocycles. The summed E-state index contributed by atoms with van der Waals surface area (Å²) in [6.07, 6.45) is 3.54. The Morgan fingerprint density at radius 3 is 2.48 bits per heavy atom. The maximum Gasteiger partial charge on any atom is 0.245 e. The molecule has 5 nitrogen and oxygen atoms in total. The van der Waals surface area contributed by atoms with Gasteiger partial charge in [0.15, 0.2) is 0 Å². The van der Waals surface area contributed by atoms with E-state index < -0.39 is 4.87 Å². The third kappa shape index (κ3) is 2.93. The van der Waals surface area contributed by atoms with Crippen LogP contribution in [0.25, 0.3) is 0 Å². The van der Waals surface area contributed by atoms with Crippen LogP contribution in [0.1, 0.15) is 37.7 Å². The van der Waals surface area contributed by atoms with Gasteiger partial charge in [-0.25, -0.2) is 5.43 Å². The number of hydrazone groups is 1. The summed E-state index contributed by atoms with van der Waals surface area (Å²) in [4.78, 5) is 22.4. The van der Waals surface area contributed by atoms with Crippen molar-refractivity contribution in [2.24, 2.45) is 5.10 Å². The maximum atomic E-state index is 12.0. The standard InChI is InChI=1S/C15H16ClN3O2/c16-15(8-1-9-15)14(21)17-11-4-2-10(3-5-11)12-6-7-13(20)19-18-12/h2-5H,1,6-9H2,(H,17,21)(H,19,20). The molecule has 0 saturated heterocycles. The number of nitrogens with zero attached hydrogens (tertiary/aromatic N) is 1. The molecule has 6 heteroatoms. The van der Waals surface area contributed by atoms with Gasteiger partial charge in [0, 0.05) is 18.5 Å². The second-order valence-electron chi connectivity index (χ2n) is 5.44. The summed E-state index contributed by atoms with van der Waals surface area (Å²) in [7, 11) is 0. The molecule has 2 aliphatic rings. The molecule has 21 heavy (non-hydrogen) atoms. The van der Waals surface area contributed by atoms with Crippen LogP contribution in [0, 0.1) is 0 Å². The molecule has 1 heterocycles. The van der Waals surface area contributed by atoms with E-state index in [4.69, 9.17) is 11.6 Å². The number of halogens is 1. The molecule has 1 saturated carbocycles. The second kappa shape index (κ2) is 5.48. The number of hydrogen-bond acceptors (Lipinski definition) is 3. The van der Waals surface area contributed by atoms with Crippen molar-refractivity contribution in [2.75, 3.05) is 5.32 Å². The quantitative estimate of drug-likeness (QED) is 0.842. The highest BCUT2D eigenvalue weighted by molar-refractivity contribution is 6.37. The Morgan fingerprint density at radius 2 is 1.95 bits per heavy atom. The van der Waals surface area contributed by atoms with E-state index in [9.17, 15) is 9.59 Å². The van der Waals surface area contributed by atoms with Gasteiger partial charge in [-0.15, -0.1) is 11.6 Å². The first kappa shape index (κ1) is 14.1. The highest BCUT2D eigenvalue weighted by Gasteiger charge is 2.42. The lowest BCUT2D eigenvalue weighted by Crippen LogP contribution is -2.43. The number of carbonyl (C=O) groups is 2. The fourth-order valence-electron chi connectivity index (χ4n) is 2.39. The van der Waals surface area contributed by atoms with Gasteiger partial charge < -0.3 is 5.32 Å². The van der Waals surface area contributed by atoms with Gasteiger partial charge in [-0.2, -0.15) is 5.10 Å². The van der Waals surface area contributed by atoms with Crippen molar-refractivity contribution in [3.05, 3.63) is 29.8 Å². The Balaban J connectivity index is 1.67. The zero-order valence-electron chi connectivity index (χ0n) is 11.5. The van der Waals surface area contributed by atoms with E-state index in [2.05, 4.69) is 15.8 Å². The number of hydrogen-bond donors (Lipinski definition) is 2. The molecule has 0 unspecified atom stereocenters. The molecule has 2 N–H and O–H groups in total. The van der Waals surface area contributed by atoms with Gasteiger partial charge in [0.1, 0.15) is 4.87 Å². The van der Waals surface area contributed by atoms with Crippen LogP contribution >= 0.6 is 11.6 Å². The second-order valence-corrected chi connectivity index (χ2v) is 6.17. The molecule has 1 aromatic rings. The van der Waals surface area contributed by atoms with E-state index in [0.717, 1.165) is 36.2 Å². The molecule has 1 fully saturated rings. The Hall–Kier alpha value is -1.88. The van der Waals surface area contributed by atoms with Gasteiger partial charge in [-0.1, -0.05) is 12.1 Å². The number of anilines is 1. The summed E-state index contributed by atoms with van der Waals surface area (Å²) in [6, 6.07) is 7.41. The predicted octanol–water partition coefficient (Wildman–Crippen LogP) is 2.40. The molecule has 0 spiro atoms. The topological polar surface area (TPSA) is 70.6 Å². The number of benzene rings is 1. The van der Waals surface area contributed by atoms with Crippen LogP contribution in [-0.2, 0) is 9.59 Å². The maximum absolute atomic E-state index is 12.0. The lowest BCUT2D eigenvalue weighted by molar-refractivity contribution is -0.121. The third-order valence-electron chi connectivity index (χ3n) is 3.93. The summed E-state index contributed by atoms with van der Waals surface area (Å²) in [6.45, 7) is 0. The van der Waals surface area contributed by atoms with Gasteiger partial charge in [0.25, 0.3) is 0 Å². The first-order chi connectivity index (χ1) is 10.1. The highest BCUT2D eigenvalue weighted by atomic mass is 35.5. The summed E-state index contributed by atoms with van der Waals surface area (Å²) >= 11 is 6.20. The van der Waals surface area contributed by atoms with Crippen LogP contribution in [0.15, 0.2) is 29.4 Å². The summed E-state index contributed by atoms with van der Waals surface area (Å²) in [5.41, 5.74) is 4.98. The number of alkyl halides is 1. The van der Waals surface area contributed by atoms with E-state index in [1.165, 1.54) is 0 Å². The van der Waals surface area contributed by atoms with Crippen molar-refractivity contribution in [3.8, 4) is 0 Å². The minimum atomic E-state index is -0.726. The first-order valence-corrected chi connectivity index (χ1v) is 7.41. The number of rotatable bonds is 3. The minimum Gasteiger partial charge on any atom is -0.325 e.